The molecule has 102 valence electrons. The molecule has 2 aromatic rings. The van der Waals surface area contributed by atoms with Gasteiger partial charge < -0.3 is 5.73 Å². The highest BCUT2D eigenvalue weighted by Gasteiger charge is 2.13. The monoisotopic (exact) mass is 283 g/mol. The summed E-state index contributed by atoms with van der Waals surface area (Å²) in [6, 6.07) is 4.19. The summed E-state index contributed by atoms with van der Waals surface area (Å²) < 4.78 is 29.1. The van der Waals surface area contributed by atoms with Gasteiger partial charge in [-0.2, -0.15) is 5.10 Å². The minimum absolute atomic E-state index is 0.00398. The Bertz CT molecular complexity index is 573. The zero-order valence-electron chi connectivity index (χ0n) is 10.8. The predicted octanol–water partition coefficient (Wildman–Crippen LogP) is 3.36. The molecule has 1 aromatic carbocycles. The summed E-state index contributed by atoms with van der Waals surface area (Å²) in [5.41, 5.74) is 7.32. The molecule has 0 spiro atoms. The molecule has 0 saturated heterocycles. The van der Waals surface area contributed by atoms with E-state index in [9.17, 15) is 8.78 Å². The van der Waals surface area contributed by atoms with Crippen LogP contribution in [0.15, 0.2) is 23.1 Å². The molecule has 19 heavy (non-hydrogen) atoms. The van der Waals surface area contributed by atoms with Gasteiger partial charge in [-0.1, -0.05) is 0 Å². The van der Waals surface area contributed by atoms with Crippen LogP contribution in [0.25, 0.3) is 0 Å². The number of rotatable bonds is 4. The Morgan fingerprint density at radius 1 is 1.26 bits per heavy atom. The highest BCUT2D eigenvalue weighted by atomic mass is 32.2. The standard InChI is InChI=1S/C13H15F2N3S/c1-3-18-10(4-8(2)17-18)7-19-13-11(14)5-9(16)6-12(13)15/h4-6H,3,7,16H2,1-2H3. The Hall–Kier alpha value is -1.56. The molecule has 0 aliphatic rings. The van der Waals surface area contributed by atoms with Crippen LogP contribution < -0.4 is 5.73 Å². The van der Waals surface area contributed by atoms with Gasteiger partial charge in [-0.3, -0.25) is 4.68 Å². The van der Waals surface area contributed by atoms with Gasteiger partial charge in [-0.25, -0.2) is 8.78 Å². The maximum Gasteiger partial charge on any atom is 0.141 e. The van der Waals surface area contributed by atoms with Crippen LogP contribution in [-0.2, 0) is 12.3 Å². The third kappa shape index (κ3) is 3.07. The van der Waals surface area contributed by atoms with Crippen molar-refractivity contribution in [2.75, 3.05) is 5.73 Å². The van der Waals surface area contributed by atoms with E-state index in [1.807, 2.05) is 24.6 Å². The van der Waals surface area contributed by atoms with Gasteiger partial charge in [0, 0.05) is 23.7 Å². The Kier molecular flexibility index (Phi) is 4.09. The van der Waals surface area contributed by atoms with Crippen molar-refractivity contribution in [3.8, 4) is 0 Å². The Balaban J connectivity index is 2.19. The van der Waals surface area contributed by atoms with Gasteiger partial charge in [-0.15, -0.1) is 11.8 Å². The molecule has 2 rings (SSSR count). The van der Waals surface area contributed by atoms with E-state index < -0.39 is 11.6 Å². The van der Waals surface area contributed by atoms with E-state index in [4.69, 9.17) is 5.73 Å². The number of halogens is 2. The van der Waals surface area contributed by atoms with Crippen molar-refractivity contribution >= 4 is 17.4 Å². The second-order valence-corrected chi connectivity index (χ2v) is 5.18. The minimum Gasteiger partial charge on any atom is -0.399 e. The number of nitrogen functional groups attached to an aromatic ring is 1. The second kappa shape index (κ2) is 5.61. The summed E-state index contributed by atoms with van der Waals surface area (Å²) >= 11 is 1.11. The lowest BCUT2D eigenvalue weighted by molar-refractivity contribution is 0.541. The van der Waals surface area contributed by atoms with E-state index in [1.54, 1.807) is 0 Å². The molecule has 0 aliphatic heterocycles. The van der Waals surface area contributed by atoms with Gasteiger partial charge in [0.05, 0.1) is 10.6 Å². The molecule has 0 atom stereocenters. The maximum absolute atomic E-state index is 13.6. The van der Waals surface area contributed by atoms with Gasteiger partial charge in [-0.05, 0) is 32.0 Å². The minimum atomic E-state index is -0.623. The summed E-state index contributed by atoms with van der Waals surface area (Å²) in [6.07, 6.45) is 0. The SMILES string of the molecule is CCn1nc(C)cc1CSc1c(F)cc(N)cc1F. The molecular weight excluding hydrogens is 268 g/mol. The van der Waals surface area contributed by atoms with Crippen LogP contribution in [0.2, 0.25) is 0 Å². The fourth-order valence-electron chi connectivity index (χ4n) is 1.85. The number of benzene rings is 1. The van der Waals surface area contributed by atoms with E-state index in [1.165, 1.54) is 0 Å². The van der Waals surface area contributed by atoms with Crippen LogP contribution >= 0.6 is 11.8 Å². The summed E-state index contributed by atoms with van der Waals surface area (Å²) in [4.78, 5) is -0.00398. The first-order valence-corrected chi connectivity index (χ1v) is 6.90. The number of thioether (sulfide) groups is 1. The van der Waals surface area contributed by atoms with E-state index >= 15 is 0 Å². The molecule has 1 aromatic heterocycles. The molecule has 0 unspecified atom stereocenters. The number of hydrogen-bond acceptors (Lipinski definition) is 3. The van der Waals surface area contributed by atoms with Crippen molar-refractivity contribution < 1.29 is 8.78 Å². The fourth-order valence-corrected chi connectivity index (χ4v) is 2.77. The number of anilines is 1. The molecule has 0 fully saturated rings. The van der Waals surface area contributed by atoms with Gasteiger partial charge >= 0.3 is 0 Å². The van der Waals surface area contributed by atoms with Gasteiger partial charge in [0.25, 0.3) is 0 Å². The average Bonchev–Trinajstić information content (AvgIpc) is 2.68. The van der Waals surface area contributed by atoms with Crippen molar-refractivity contribution in [2.45, 2.75) is 31.0 Å². The molecule has 0 amide bonds. The maximum atomic E-state index is 13.6. The van der Waals surface area contributed by atoms with Crippen molar-refractivity contribution in [3.63, 3.8) is 0 Å². The Morgan fingerprint density at radius 2 is 1.89 bits per heavy atom. The lowest BCUT2D eigenvalue weighted by Gasteiger charge is -2.07. The number of hydrogen-bond donors (Lipinski definition) is 1. The molecule has 0 saturated carbocycles. The highest BCUT2D eigenvalue weighted by Crippen LogP contribution is 2.30. The van der Waals surface area contributed by atoms with Crippen LogP contribution in [-0.4, -0.2) is 9.78 Å². The first-order valence-electron chi connectivity index (χ1n) is 5.92. The third-order valence-corrected chi connectivity index (χ3v) is 3.79. The smallest absolute Gasteiger partial charge is 0.141 e. The van der Waals surface area contributed by atoms with Crippen LogP contribution in [0.4, 0.5) is 14.5 Å². The summed E-state index contributed by atoms with van der Waals surface area (Å²) in [5.74, 6) is -0.782. The van der Waals surface area contributed by atoms with Crippen LogP contribution in [0.1, 0.15) is 18.3 Å². The third-order valence-electron chi connectivity index (χ3n) is 2.67. The van der Waals surface area contributed by atoms with Gasteiger partial charge in [0.2, 0.25) is 0 Å². The summed E-state index contributed by atoms with van der Waals surface area (Å²) in [5, 5.41) is 4.30. The van der Waals surface area contributed by atoms with E-state index in [2.05, 4.69) is 5.10 Å². The summed E-state index contributed by atoms with van der Waals surface area (Å²) in [6.45, 7) is 4.60. The molecule has 2 N–H and O–H groups in total. The molecule has 0 radical (unpaired) electrons. The van der Waals surface area contributed by atoms with Crippen LogP contribution in [0.3, 0.4) is 0 Å². The van der Waals surface area contributed by atoms with Gasteiger partial charge in [0.15, 0.2) is 0 Å². The van der Waals surface area contributed by atoms with Crippen LogP contribution in [0, 0.1) is 18.6 Å². The lowest BCUT2D eigenvalue weighted by atomic mass is 10.3. The van der Waals surface area contributed by atoms with Crippen molar-refractivity contribution in [2.24, 2.45) is 0 Å². The van der Waals surface area contributed by atoms with E-state index in [-0.39, 0.29) is 10.6 Å². The normalized spacial score (nSPS) is 10.9. The largest absolute Gasteiger partial charge is 0.399 e. The predicted molar refractivity (Wildman–Crippen MR) is 73.0 cm³/mol. The number of aryl methyl sites for hydroxylation is 2. The molecule has 3 nitrogen and oxygen atoms in total. The topological polar surface area (TPSA) is 43.8 Å². The fraction of sp³-hybridized carbons (Fsp3) is 0.308. The van der Waals surface area contributed by atoms with Crippen molar-refractivity contribution in [3.05, 3.63) is 41.2 Å². The quantitative estimate of drug-likeness (QED) is 0.691. The molecule has 0 bridgehead atoms. The number of nitrogens with two attached hydrogens (primary N) is 1. The van der Waals surface area contributed by atoms with Crippen molar-refractivity contribution in [1.82, 2.24) is 9.78 Å². The Morgan fingerprint density at radius 3 is 2.47 bits per heavy atom. The van der Waals surface area contributed by atoms with E-state index in [0.29, 0.717) is 5.75 Å². The lowest BCUT2D eigenvalue weighted by Crippen LogP contribution is -2.02. The second-order valence-electron chi connectivity index (χ2n) is 4.20. The molecule has 1 heterocycles. The van der Waals surface area contributed by atoms with Crippen LogP contribution in [0.5, 0.6) is 0 Å². The van der Waals surface area contributed by atoms with Crippen molar-refractivity contribution in [1.29, 1.82) is 0 Å². The first-order chi connectivity index (χ1) is 9.01. The highest BCUT2D eigenvalue weighted by molar-refractivity contribution is 7.98. The summed E-state index contributed by atoms with van der Waals surface area (Å²) in [7, 11) is 0. The zero-order valence-corrected chi connectivity index (χ0v) is 11.6. The van der Waals surface area contributed by atoms with Gasteiger partial charge in [0.1, 0.15) is 11.6 Å². The van der Waals surface area contributed by atoms with E-state index in [0.717, 1.165) is 41.8 Å². The molecule has 6 heteroatoms. The molecular formula is C13H15F2N3S. The number of aromatic nitrogens is 2. The average molecular weight is 283 g/mol. The first kappa shape index (κ1) is 13.9. The Labute approximate surface area is 114 Å². The zero-order chi connectivity index (χ0) is 14.0. The number of nitrogens with zero attached hydrogens (tertiary/aromatic N) is 2. The molecule has 0 aliphatic carbocycles.